The van der Waals surface area contributed by atoms with E-state index >= 15 is 0 Å². The van der Waals surface area contributed by atoms with Crippen LogP contribution < -0.4 is 10.6 Å². The first-order chi connectivity index (χ1) is 18.0. The molecule has 202 valence electrons. The number of benzene rings is 2. The van der Waals surface area contributed by atoms with E-state index in [9.17, 15) is 14.4 Å². The van der Waals surface area contributed by atoms with Crippen LogP contribution >= 0.6 is 0 Å². The Balaban J connectivity index is 2.07. The van der Waals surface area contributed by atoms with E-state index in [0.29, 0.717) is 11.1 Å². The molecule has 38 heavy (non-hydrogen) atoms. The van der Waals surface area contributed by atoms with Crippen molar-refractivity contribution in [1.82, 2.24) is 15.5 Å². The molecule has 0 radical (unpaired) electrons. The lowest BCUT2D eigenvalue weighted by Crippen LogP contribution is -2.58. The second-order valence-electron chi connectivity index (χ2n) is 11.0. The van der Waals surface area contributed by atoms with E-state index in [1.165, 1.54) is 0 Å². The van der Waals surface area contributed by atoms with Gasteiger partial charge in [-0.25, -0.2) is 4.79 Å². The molecule has 0 aromatic heterocycles. The normalized spacial score (nSPS) is 15.0. The van der Waals surface area contributed by atoms with Crippen molar-refractivity contribution >= 4 is 17.9 Å². The van der Waals surface area contributed by atoms with Gasteiger partial charge in [-0.1, -0.05) is 54.5 Å². The van der Waals surface area contributed by atoms with E-state index in [-0.39, 0.29) is 30.3 Å². The molecule has 0 saturated heterocycles. The molecule has 0 spiro atoms. The molecule has 7 heteroatoms. The largest absolute Gasteiger partial charge is 0.444 e. The summed E-state index contributed by atoms with van der Waals surface area (Å²) in [6.07, 6.45) is 7.86. The average molecular weight is 518 g/mol. The third-order valence-electron chi connectivity index (χ3n) is 6.36. The minimum absolute atomic E-state index is 0.138. The molecule has 7 nitrogen and oxygen atoms in total. The minimum Gasteiger partial charge on any atom is -0.444 e. The summed E-state index contributed by atoms with van der Waals surface area (Å²) in [6.45, 7) is 9.05. The van der Waals surface area contributed by atoms with Gasteiger partial charge in [0.15, 0.2) is 0 Å². The molecule has 0 aliphatic heterocycles. The molecule has 3 amide bonds. The zero-order valence-electron chi connectivity index (χ0n) is 23.0. The van der Waals surface area contributed by atoms with Crippen molar-refractivity contribution in [2.45, 2.75) is 90.1 Å². The van der Waals surface area contributed by atoms with Gasteiger partial charge in [0, 0.05) is 24.1 Å². The van der Waals surface area contributed by atoms with Crippen molar-refractivity contribution < 1.29 is 19.1 Å². The molecule has 0 bridgehead atoms. The summed E-state index contributed by atoms with van der Waals surface area (Å²) in [5.41, 5.74) is 1.28. The average Bonchev–Trinajstić information content (AvgIpc) is 2.81. The Labute approximate surface area is 226 Å². The van der Waals surface area contributed by atoms with Crippen LogP contribution in [0.25, 0.3) is 0 Å². The summed E-state index contributed by atoms with van der Waals surface area (Å²) in [5.74, 6) is 2.02. The van der Waals surface area contributed by atoms with Gasteiger partial charge in [-0.3, -0.25) is 9.59 Å². The van der Waals surface area contributed by atoms with Gasteiger partial charge in [0.25, 0.3) is 0 Å². The molecule has 2 aromatic carbocycles. The number of nitrogens with zero attached hydrogens (tertiary/aromatic N) is 1. The van der Waals surface area contributed by atoms with Gasteiger partial charge >= 0.3 is 6.09 Å². The molecule has 1 aliphatic carbocycles. The topological polar surface area (TPSA) is 87.7 Å². The van der Waals surface area contributed by atoms with Crippen molar-refractivity contribution in [3.05, 3.63) is 71.3 Å². The van der Waals surface area contributed by atoms with Crippen molar-refractivity contribution in [3.63, 3.8) is 0 Å². The van der Waals surface area contributed by atoms with Gasteiger partial charge in [0.2, 0.25) is 11.8 Å². The number of hydrogen-bond donors (Lipinski definition) is 2. The number of alkyl carbamates (subject to hydrolysis) is 1. The predicted molar refractivity (Wildman–Crippen MR) is 148 cm³/mol. The maximum absolute atomic E-state index is 14.4. The Bertz CT molecular complexity index is 1160. The predicted octanol–water partition coefficient (Wildman–Crippen LogP) is 4.75. The summed E-state index contributed by atoms with van der Waals surface area (Å²) < 4.78 is 5.49. The summed E-state index contributed by atoms with van der Waals surface area (Å²) >= 11 is 0. The molecule has 2 atom stereocenters. The fourth-order valence-corrected chi connectivity index (χ4v) is 4.51. The van der Waals surface area contributed by atoms with Crippen LogP contribution in [0.5, 0.6) is 0 Å². The first-order valence-corrected chi connectivity index (χ1v) is 13.2. The Kier molecular flexibility index (Phi) is 9.57. The van der Waals surface area contributed by atoms with Crippen LogP contribution in [0.4, 0.5) is 4.79 Å². The molecule has 2 aromatic rings. The summed E-state index contributed by atoms with van der Waals surface area (Å²) in [5, 5.41) is 5.77. The number of rotatable bonds is 9. The first kappa shape index (κ1) is 28.8. The molecule has 2 unspecified atom stereocenters. The monoisotopic (exact) mass is 517 g/mol. The van der Waals surface area contributed by atoms with E-state index in [0.717, 1.165) is 24.8 Å². The Hall–Kier alpha value is -3.79. The lowest BCUT2D eigenvalue weighted by atomic mass is 9.86. The Morgan fingerprint density at radius 1 is 1.03 bits per heavy atom. The molecule has 3 rings (SSSR count). The summed E-state index contributed by atoms with van der Waals surface area (Å²) in [6, 6.07) is 14.5. The highest BCUT2D eigenvalue weighted by Gasteiger charge is 2.42. The first-order valence-electron chi connectivity index (χ1n) is 13.2. The zero-order chi connectivity index (χ0) is 27.9. The van der Waals surface area contributed by atoms with E-state index < -0.39 is 23.8 Å². The summed E-state index contributed by atoms with van der Waals surface area (Å²) in [4.78, 5) is 42.6. The van der Waals surface area contributed by atoms with Crippen LogP contribution in [-0.4, -0.2) is 46.5 Å². The van der Waals surface area contributed by atoms with E-state index in [2.05, 4.69) is 16.6 Å². The Morgan fingerprint density at radius 3 is 2.21 bits per heavy atom. The fourth-order valence-electron chi connectivity index (χ4n) is 4.51. The van der Waals surface area contributed by atoms with E-state index in [1.807, 2.05) is 56.3 Å². The van der Waals surface area contributed by atoms with Gasteiger partial charge in [-0.15, -0.1) is 6.42 Å². The van der Waals surface area contributed by atoms with E-state index in [4.69, 9.17) is 11.2 Å². The lowest BCUT2D eigenvalue weighted by molar-refractivity contribution is -0.147. The number of ether oxygens (including phenoxy) is 1. The highest BCUT2D eigenvalue weighted by atomic mass is 16.6. The lowest BCUT2D eigenvalue weighted by Gasteiger charge is -2.44. The zero-order valence-corrected chi connectivity index (χ0v) is 23.0. The second-order valence-corrected chi connectivity index (χ2v) is 11.0. The highest BCUT2D eigenvalue weighted by molar-refractivity contribution is 5.93. The number of hydrogen-bond acceptors (Lipinski definition) is 4. The standard InChI is InChI=1S/C31H39N3O4/c1-7-23-16-11-12-19-25(23)27(28(35)32-21(2)3)34(24-17-13-18-24)29(36)26(20-22-14-9-8-10-15-22)33-30(37)38-31(4,5)6/h1,8-12,14-16,19,21,24,26-27H,13,17-18,20H2,2-6H3,(H,32,35)(H,33,37). The molecule has 1 saturated carbocycles. The van der Waals surface area contributed by atoms with Gasteiger partial charge < -0.3 is 20.3 Å². The smallest absolute Gasteiger partial charge is 0.408 e. The van der Waals surface area contributed by atoms with Crippen LogP contribution in [-0.2, 0) is 20.7 Å². The molecule has 1 fully saturated rings. The van der Waals surface area contributed by atoms with Crippen molar-refractivity contribution in [2.24, 2.45) is 0 Å². The number of nitrogens with one attached hydrogen (secondary N) is 2. The maximum Gasteiger partial charge on any atom is 0.408 e. The fraction of sp³-hybridized carbons (Fsp3) is 0.452. The van der Waals surface area contributed by atoms with E-state index in [1.54, 1.807) is 37.8 Å². The number of terminal acetylenes is 1. The van der Waals surface area contributed by atoms with Crippen LogP contribution in [0.3, 0.4) is 0 Å². The molecular formula is C31H39N3O4. The quantitative estimate of drug-likeness (QED) is 0.470. The van der Waals surface area contributed by atoms with Crippen LogP contribution in [0.1, 0.15) is 76.6 Å². The van der Waals surface area contributed by atoms with Gasteiger partial charge in [-0.05, 0) is 71.1 Å². The Morgan fingerprint density at radius 2 is 1.66 bits per heavy atom. The van der Waals surface area contributed by atoms with Gasteiger partial charge in [-0.2, -0.15) is 0 Å². The minimum atomic E-state index is -0.944. The summed E-state index contributed by atoms with van der Waals surface area (Å²) in [7, 11) is 0. The molecule has 2 N–H and O–H groups in total. The van der Waals surface area contributed by atoms with Crippen molar-refractivity contribution in [3.8, 4) is 12.3 Å². The van der Waals surface area contributed by atoms with Gasteiger partial charge in [0.05, 0.1) is 0 Å². The number of carbonyl (C=O) groups is 3. The van der Waals surface area contributed by atoms with Crippen molar-refractivity contribution in [2.75, 3.05) is 0 Å². The van der Waals surface area contributed by atoms with Crippen molar-refractivity contribution in [1.29, 1.82) is 0 Å². The number of amides is 3. The highest BCUT2D eigenvalue weighted by Crippen LogP contribution is 2.35. The molecule has 1 aliphatic rings. The number of carbonyl (C=O) groups excluding carboxylic acids is 3. The van der Waals surface area contributed by atoms with Crippen LogP contribution in [0.2, 0.25) is 0 Å². The SMILES string of the molecule is C#Cc1ccccc1C(C(=O)NC(C)C)N(C(=O)C(Cc1ccccc1)NC(=O)OC(C)(C)C)C1CCC1. The van der Waals surface area contributed by atoms with Gasteiger partial charge in [0.1, 0.15) is 17.7 Å². The molecule has 0 heterocycles. The van der Waals surface area contributed by atoms with Crippen LogP contribution in [0, 0.1) is 12.3 Å². The van der Waals surface area contributed by atoms with Crippen LogP contribution in [0.15, 0.2) is 54.6 Å². The molecular weight excluding hydrogens is 478 g/mol. The maximum atomic E-state index is 14.4. The second kappa shape index (κ2) is 12.6. The third kappa shape index (κ3) is 7.61. The third-order valence-corrected chi connectivity index (χ3v) is 6.36.